The average Bonchev–Trinajstić information content (AvgIpc) is 1.82. The molecular weight excluding hydrogens is 138 g/mol. The van der Waals surface area contributed by atoms with Gasteiger partial charge in [-0.25, -0.2) is 0 Å². The molecule has 0 unspecified atom stereocenters. The molecule has 0 aromatic rings. The van der Waals surface area contributed by atoms with Crippen LogP contribution in [0.5, 0.6) is 0 Å². The van der Waals surface area contributed by atoms with Crippen LogP contribution in [0.4, 0.5) is 0 Å². The first-order valence-electron chi connectivity index (χ1n) is 2.36. The number of nitrogens with two attached hydrogens (primary N) is 1. The highest BCUT2D eigenvalue weighted by molar-refractivity contribution is 8.01. The molecule has 0 aliphatic heterocycles. The molecule has 0 amide bonds. The average molecular weight is 147 g/mol. The summed E-state index contributed by atoms with van der Waals surface area (Å²) in [5.41, 5.74) is 5.10. The molecule has 9 heavy (non-hydrogen) atoms. The van der Waals surface area contributed by atoms with Gasteiger partial charge in [0.2, 0.25) is 0 Å². The fourth-order valence-electron chi connectivity index (χ4n) is 0.246. The highest BCUT2D eigenvalue weighted by Crippen LogP contribution is 1.94. The summed E-state index contributed by atoms with van der Waals surface area (Å²) in [4.78, 5) is 10.0. The smallest absolute Gasteiger partial charge is 0.324 e. The molecule has 0 aliphatic rings. The van der Waals surface area contributed by atoms with E-state index in [-0.39, 0.29) is 0 Å². The van der Waals surface area contributed by atoms with E-state index in [9.17, 15) is 4.79 Å². The van der Waals surface area contributed by atoms with Gasteiger partial charge in [-0.3, -0.25) is 4.79 Å². The number of hydrogen-bond acceptors (Lipinski definition) is 3. The van der Waals surface area contributed by atoms with E-state index in [2.05, 4.69) is 0 Å². The van der Waals surface area contributed by atoms with Crippen molar-refractivity contribution in [3.63, 3.8) is 0 Å². The van der Waals surface area contributed by atoms with Gasteiger partial charge in [0.05, 0.1) is 0 Å². The first-order chi connectivity index (χ1) is 4.18. The third-order valence-corrected chi connectivity index (χ3v) is 1.14. The molecule has 0 saturated heterocycles. The lowest BCUT2D eigenvalue weighted by Crippen LogP contribution is -2.27. The molecule has 3 N–H and O–H groups in total. The lowest BCUT2D eigenvalue weighted by molar-refractivity contribution is -0.137. The molecule has 0 rings (SSSR count). The second kappa shape index (κ2) is 4.40. The van der Waals surface area contributed by atoms with E-state index in [1.54, 1.807) is 5.41 Å². The van der Waals surface area contributed by atoms with Crippen molar-refractivity contribution in [3.8, 4) is 0 Å². The molecule has 0 saturated carbocycles. The Morgan fingerprint density at radius 1 is 1.89 bits per heavy atom. The lowest BCUT2D eigenvalue weighted by Gasteiger charge is -1.95. The number of aliphatic carboxylic acids is 1. The van der Waals surface area contributed by atoms with Crippen molar-refractivity contribution in [1.82, 2.24) is 0 Å². The van der Waals surface area contributed by atoms with Crippen LogP contribution in [0.15, 0.2) is 11.5 Å². The van der Waals surface area contributed by atoms with Crippen molar-refractivity contribution in [2.45, 2.75) is 6.04 Å². The maximum Gasteiger partial charge on any atom is 0.324 e. The van der Waals surface area contributed by atoms with Gasteiger partial charge in [-0.2, -0.15) is 0 Å². The zero-order valence-corrected chi connectivity index (χ0v) is 5.89. The van der Waals surface area contributed by atoms with Gasteiger partial charge in [0, 0.05) is 0 Å². The fourth-order valence-corrected chi connectivity index (χ4v) is 0.572. The predicted molar refractivity (Wildman–Crippen MR) is 38.3 cm³/mol. The molecule has 0 aromatic carbocycles. The summed E-state index contributed by atoms with van der Waals surface area (Å²) in [6.45, 7) is 0. The van der Waals surface area contributed by atoms with Gasteiger partial charge < -0.3 is 10.8 Å². The summed E-state index contributed by atoms with van der Waals surface area (Å²) >= 11 is 1.42. The Balaban J connectivity index is 3.62. The maximum absolute atomic E-state index is 10.0. The normalized spacial score (nSPS) is 14.0. The van der Waals surface area contributed by atoms with Crippen molar-refractivity contribution in [2.24, 2.45) is 5.73 Å². The topological polar surface area (TPSA) is 63.3 Å². The van der Waals surface area contributed by atoms with Gasteiger partial charge in [0.25, 0.3) is 0 Å². The van der Waals surface area contributed by atoms with Crippen molar-refractivity contribution in [2.75, 3.05) is 6.26 Å². The first kappa shape index (κ1) is 8.52. The molecule has 0 aromatic heterocycles. The molecule has 0 bridgehead atoms. The predicted octanol–water partition coefficient (Wildman–Crippen LogP) is 0.275. The zero-order valence-electron chi connectivity index (χ0n) is 5.07. The van der Waals surface area contributed by atoms with Gasteiger partial charge in [0.1, 0.15) is 6.04 Å². The van der Waals surface area contributed by atoms with E-state index in [4.69, 9.17) is 10.8 Å². The van der Waals surface area contributed by atoms with Crippen molar-refractivity contribution in [1.29, 1.82) is 0 Å². The molecule has 0 radical (unpaired) electrons. The molecule has 0 fully saturated rings. The second-order valence-electron chi connectivity index (χ2n) is 1.43. The number of hydrogen-bond donors (Lipinski definition) is 2. The van der Waals surface area contributed by atoms with Crippen LogP contribution in [-0.2, 0) is 4.79 Å². The molecule has 52 valence electrons. The lowest BCUT2D eigenvalue weighted by atomic mass is 10.3. The minimum absolute atomic E-state index is 0.863. The summed E-state index contributed by atoms with van der Waals surface area (Å²) in [7, 11) is 0. The number of carbonyl (C=O) groups is 1. The van der Waals surface area contributed by atoms with Crippen LogP contribution in [0.1, 0.15) is 0 Å². The Kier molecular flexibility index (Phi) is 4.17. The van der Waals surface area contributed by atoms with Gasteiger partial charge in [-0.05, 0) is 11.7 Å². The Bertz CT molecular complexity index is 124. The van der Waals surface area contributed by atoms with Crippen LogP contribution in [0.3, 0.4) is 0 Å². The number of carboxylic acid groups (broad SMARTS) is 1. The molecule has 3 nitrogen and oxygen atoms in total. The van der Waals surface area contributed by atoms with Crippen LogP contribution < -0.4 is 5.73 Å². The third-order valence-electron chi connectivity index (χ3n) is 0.707. The van der Waals surface area contributed by atoms with Gasteiger partial charge >= 0.3 is 5.97 Å². The zero-order chi connectivity index (χ0) is 7.28. The minimum atomic E-state index is -1.000. The number of thioether (sulfide) groups is 1. The Hall–Kier alpha value is -0.480. The van der Waals surface area contributed by atoms with E-state index in [0.29, 0.717) is 0 Å². The van der Waals surface area contributed by atoms with E-state index >= 15 is 0 Å². The van der Waals surface area contributed by atoms with Crippen molar-refractivity contribution >= 4 is 17.7 Å². The summed E-state index contributed by atoms with van der Waals surface area (Å²) in [6.07, 6.45) is 3.28. The van der Waals surface area contributed by atoms with Crippen molar-refractivity contribution < 1.29 is 9.90 Å². The minimum Gasteiger partial charge on any atom is -0.480 e. The molecule has 0 spiro atoms. The Labute approximate surface area is 57.9 Å². The number of rotatable bonds is 3. The van der Waals surface area contributed by atoms with E-state index in [1.807, 2.05) is 6.26 Å². The molecule has 0 heterocycles. The highest BCUT2D eigenvalue weighted by Gasteiger charge is 2.04. The van der Waals surface area contributed by atoms with Crippen molar-refractivity contribution in [3.05, 3.63) is 11.5 Å². The van der Waals surface area contributed by atoms with Gasteiger partial charge in [-0.1, -0.05) is 6.08 Å². The summed E-state index contributed by atoms with van der Waals surface area (Å²) < 4.78 is 0. The Morgan fingerprint density at radius 3 is 2.78 bits per heavy atom. The summed E-state index contributed by atoms with van der Waals surface area (Å²) in [6, 6.07) is -0.863. The largest absolute Gasteiger partial charge is 0.480 e. The molecule has 4 heteroatoms. The standard InChI is InChI=1S/C5H9NO2S/c1-9-3-2-4(6)5(7)8/h2-4H,6H2,1H3,(H,7,8)/b3-2+/t4-/m0/s1. The second-order valence-corrected chi connectivity index (χ2v) is 2.17. The van der Waals surface area contributed by atoms with Crippen LogP contribution in [0.2, 0.25) is 0 Å². The summed E-state index contributed by atoms with van der Waals surface area (Å²) in [5, 5.41) is 9.87. The van der Waals surface area contributed by atoms with Crippen LogP contribution in [-0.4, -0.2) is 23.4 Å². The van der Waals surface area contributed by atoms with E-state index < -0.39 is 12.0 Å². The van der Waals surface area contributed by atoms with Gasteiger partial charge in [-0.15, -0.1) is 11.8 Å². The summed E-state index contributed by atoms with van der Waals surface area (Å²) in [5.74, 6) is -1.000. The molecular formula is C5H9NO2S. The SMILES string of the molecule is CS/C=C/[C@H](N)C(=O)O. The highest BCUT2D eigenvalue weighted by atomic mass is 32.2. The monoisotopic (exact) mass is 147 g/mol. The number of carboxylic acids is 1. The molecule has 1 atom stereocenters. The first-order valence-corrected chi connectivity index (χ1v) is 3.65. The van der Waals surface area contributed by atoms with Crippen LogP contribution in [0.25, 0.3) is 0 Å². The maximum atomic E-state index is 10.0. The van der Waals surface area contributed by atoms with E-state index in [1.165, 1.54) is 17.8 Å². The van der Waals surface area contributed by atoms with E-state index in [0.717, 1.165) is 0 Å². The fraction of sp³-hybridized carbons (Fsp3) is 0.400. The third kappa shape index (κ3) is 4.05. The Morgan fingerprint density at radius 2 is 2.44 bits per heavy atom. The van der Waals surface area contributed by atoms with Crippen LogP contribution >= 0.6 is 11.8 Å². The quantitative estimate of drug-likeness (QED) is 0.601. The molecule has 0 aliphatic carbocycles. The van der Waals surface area contributed by atoms with Crippen LogP contribution in [0, 0.1) is 0 Å². The van der Waals surface area contributed by atoms with Gasteiger partial charge in [0.15, 0.2) is 0 Å².